The number of rotatable bonds is 3. The minimum Gasteiger partial charge on any atom is -0.328 e. The summed E-state index contributed by atoms with van der Waals surface area (Å²) in [7, 11) is 0. The molecule has 0 amide bonds. The topological polar surface area (TPSA) is 38.0 Å². The van der Waals surface area contributed by atoms with Crippen molar-refractivity contribution < 1.29 is 0 Å². The van der Waals surface area contributed by atoms with Gasteiger partial charge in [-0.05, 0) is 30.9 Å². The van der Waals surface area contributed by atoms with Crippen LogP contribution in [0.4, 0.5) is 0 Å². The van der Waals surface area contributed by atoms with Crippen LogP contribution in [0.15, 0.2) is 24.3 Å². The number of halogens is 1. The zero-order chi connectivity index (χ0) is 10.7. The Balaban J connectivity index is 1.86. The van der Waals surface area contributed by atoms with Gasteiger partial charge in [0.1, 0.15) is 0 Å². The van der Waals surface area contributed by atoms with E-state index >= 15 is 0 Å². The largest absolute Gasteiger partial charge is 0.328 e. The van der Waals surface area contributed by atoms with Gasteiger partial charge in [0.2, 0.25) is 0 Å². The number of benzene rings is 1. The fraction of sp³-hybridized carbons (Fsp3) is 0.500. The Morgan fingerprint density at radius 2 is 2.13 bits per heavy atom. The van der Waals surface area contributed by atoms with Crippen LogP contribution in [0.3, 0.4) is 0 Å². The van der Waals surface area contributed by atoms with Crippen LogP contribution in [0.2, 0.25) is 5.02 Å². The lowest BCUT2D eigenvalue weighted by Gasteiger charge is -2.12. The summed E-state index contributed by atoms with van der Waals surface area (Å²) in [5.74, 6) is 0. The molecule has 0 spiro atoms. The quantitative estimate of drug-likeness (QED) is 0.827. The van der Waals surface area contributed by atoms with Crippen molar-refractivity contribution in [1.29, 1.82) is 0 Å². The molecule has 1 aliphatic rings. The first-order valence-electron chi connectivity index (χ1n) is 5.48. The number of hydrogen-bond acceptors (Lipinski definition) is 2. The third-order valence-corrected chi connectivity index (χ3v) is 3.38. The van der Waals surface area contributed by atoms with Crippen molar-refractivity contribution in [3.05, 3.63) is 34.9 Å². The van der Waals surface area contributed by atoms with Gasteiger partial charge in [0.25, 0.3) is 0 Å². The minimum absolute atomic E-state index is 0.383. The molecular weight excluding hydrogens is 208 g/mol. The van der Waals surface area contributed by atoms with Crippen molar-refractivity contribution in [3.8, 4) is 0 Å². The Hall–Kier alpha value is -0.570. The fourth-order valence-corrected chi connectivity index (χ4v) is 2.30. The lowest BCUT2D eigenvalue weighted by Crippen LogP contribution is -2.28. The molecule has 3 heteroatoms. The molecule has 1 fully saturated rings. The van der Waals surface area contributed by atoms with E-state index in [1.807, 2.05) is 18.2 Å². The van der Waals surface area contributed by atoms with Gasteiger partial charge < -0.3 is 11.1 Å². The summed E-state index contributed by atoms with van der Waals surface area (Å²) < 4.78 is 0. The Morgan fingerprint density at radius 3 is 2.80 bits per heavy atom. The van der Waals surface area contributed by atoms with Crippen LogP contribution < -0.4 is 11.1 Å². The molecule has 0 heterocycles. The third kappa shape index (κ3) is 2.94. The van der Waals surface area contributed by atoms with Gasteiger partial charge in [-0.1, -0.05) is 29.8 Å². The summed E-state index contributed by atoms with van der Waals surface area (Å²) in [6.07, 6.45) is 3.41. The molecule has 0 radical (unpaired) electrons. The monoisotopic (exact) mass is 224 g/mol. The van der Waals surface area contributed by atoms with E-state index in [-0.39, 0.29) is 0 Å². The molecule has 1 aliphatic carbocycles. The van der Waals surface area contributed by atoms with Gasteiger partial charge in [-0.3, -0.25) is 0 Å². The molecule has 2 nitrogen and oxygen atoms in total. The van der Waals surface area contributed by atoms with Crippen molar-refractivity contribution in [3.63, 3.8) is 0 Å². The molecule has 0 bridgehead atoms. The molecule has 15 heavy (non-hydrogen) atoms. The Labute approximate surface area is 95.8 Å². The summed E-state index contributed by atoms with van der Waals surface area (Å²) in [5.41, 5.74) is 7.02. The molecule has 2 atom stereocenters. The summed E-state index contributed by atoms with van der Waals surface area (Å²) >= 11 is 6.07. The SMILES string of the molecule is NC1CCC(NCc2ccccc2Cl)C1. The zero-order valence-electron chi connectivity index (χ0n) is 8.75. The average molecular weight is 225 g/mol. The molecule has 82 valence electrons. The van der Waals surface area contributed by atoms with Crippen LogP contribution in [0.5, 0.6) is 0 Å². The number of nitrogens with two attached hydrogens (primary N) is 1. The maximum atomic E-state index is 6.07. The van der Waals surface area contributed by atoms with E-state index < -0.39 is 0 Å². The molecule has 1 saturated carbocycles. The maximum absolute atomic E-state index is 6.07. The Morgan fingerprint density at radius 1 is 1.33 bits per heavy atom. The summed E-state index contributed by atoms with van der Waals surface area (Å²) in [6, 6.07) is 8.91. The first-order chi connectivity index (χ1) is 7.25. The Bertz CT molecular complexity index is 327. The second-order valence-electron chi connectivity index (χ2n) is 4.24. The molecule has 0 aliphatic heterocycles. The van der Waals surface area contributed by atoms with E-state index in [0.717, 1.165) is 24.4 Å². The predicted molar refractivity (Wildman–Crippen MR) is 63.9 cm³/mol. The van der Waals surface area contributed by atoms with E-state index in [1.165, 1.54) is 12.0 Å². The number of hydrogen-bond donors (Lipinski definition) is 2. The third-order valence-electron chi connectivity index (χ3n) is 3.01. The molecule has 2 rings (SSSR count). The van der Waals surface area contributed by atoms with E-state index in [0.29, 0.717) is 12.1 Å². The molecule has 0 saturated heterocycles. The molecule has 1 aromatic carbocycles. The molecule has 2 unspecified atom stereocenters. The first kappa shape index (κ1) is 10.9. The van der Waals surface area contributed by atoms with Crippen molar-refractivity contribution >= 4 is 11.6 Å². The minimum atomic E-state index is 0.383. The second-order valence-corrected chi connectivity index (χ2v) is 4.65. The van der Waals surface area contributed by atoms with Crippen LogP contribution >= 0.6 is 11.6 Å². The van der Waals surface area contributed by atoms with Crippen molar-refractivity contribution in [2.24, 2.45) is 5.73 Å². The molecule has 1 aromatic rings. The highest BCUT2D eigenvalue weighted by atomic mass is 35.5. The van der Waals surface area contributed by atoms with Crippen LogP contribution in [-0.2, 0) is 6.54 Å². The highest BCUT2D eigenvalue weighted by Gasteiger charge is 2.20. The van der Waals surface area contributed by atoms with Gasteiger partial charge in [-0.2, -0.15) is 0 Å². The van der Waals surface area contributed by atoms with Crippen LogP contribution in [0, 0.1) is 0 Å². The lowest BCUT2D eigenvalue weighted by atomic mass is 10.2. The summed E-state index contributed by atoms with van der Waals surface area (Å²) in [6.45, 7) is 0.844. The van der Waals surface area contributed by atoms with Crippen LogP contribution in [0.25, 0.3) is 0 Å². The zero-order valence-corrected chi connectivity index (χ0v) is 9.50. The normalized spacial score (nSPS) is 25.7. The van der Waals surface area contributed by atoms with Crippen LogP contribution in [0.1, 0.15) is 24.8 Å². The van der Waals surface area contributed by atoms with E-state index in [2.05, 4.69) is 11.4 Å². The highest BCUT2D eigenvalue weighted by molar-refractivity contribution is 6.31. The standard InChI is InChI=1S/C12H17ClN2/c13-12-4-2-1-3-9(12)8-15-11-6-5-10(14)7-11/h1-4,10-11,15H,5-8,14H2. The van der Waals surface area contributed by atoms with E-state index in [9.17, 15) is 0 Å². The fourth-order valence-electron chi connectivity index (χ4n) is 2.10. The number of nitrogens with one attached hydrogen (secondary N) is 1. The maximum Gasteiger partial charge on any atom is 0.0450 e. The highest BCUT2D eigenvalue weighted by Crippen LogP contribution is 2.19. The van der Waals surface area contributed by atoms with Gasteiger partial charge in [-0.15, -0.1) is 0 Å². The first-order valence-corrected chi connectivity index (χ1v) is 5.86. The average Bonchev–Trinajstić information content (AvgIpc) is 2.63. The second kappa shape index (κ2) is 4.97. The van der Waals surface area contributed by atoms with Gasteiger partial charge >= 0.3 is 0 Å². The lowest BCUT2D eigenvalue weighted by molar-refractivity contribution is 0.517. The smallest absolute Gasteiger partial charge is 0.0450 e. The van der Waals surface area contributed by atoms with Crippen molar-refractivity contribution in [1.82, 2.24) is 5.32 Å². The molecule has 3 N–H and O–H groups in total. The van der Waals surface area contributed by atoms with Gasteiger partial charge in [0.05, 0.1) is 0 Å². The summed E-state index contributed by atoms with van der Waals surface area (Å²) in [5, 5.41) is 4.34. The van der Waals surface area contributed by atoms with Gasteiger partial charge in [0.15, 0.2) is 0 Å². The van der Waals surface area contributed by atoms with Crippen molar-refractivity contribution in [2.75, 3.05) is 0 Å². The van der Waals surface area contributed by atoms with E-state index in [4.69, 9.17) is 17.3 Å². The molecule has 0 aromatic heterocycles. The Kier molecular flexibility index (Phi) is 3.62. The van der Waals surface area contributed by atoms with Crippen molar-refractivity contribution in [2.45, 2.75) is 37.9 Å². The van der Waals surface area contributed by atoms with Gasteiger partial charge in [0, 0.05) is 23.7 Å². The molecular formula is C12H17ClN2. The van der Waals surface area contributed by atoms with Gasteiger partial charge in [-0.25, -0.2) is 0 Å². The predicted octanol–water partition coefficient (Wildman–Crippen LogP) is 2.31. The van der Waals surface area contributed by atoms with E-state index in [1.54, 1.807) is 0 Å². The van der Waals surface area contributed by atoms with Crippen LogP contribution in [-0.4, -0.2) is 12.1 Å². The summed E-state index contributed by atoms with van der Waals surface area (Å²) in [4.78, 5) is 0.